The Labute approximate surface area is 73.7 Å². The van der Waals surface area contributed by atoms with E-state index in [1.165, 1.54) is 0 Å². The quantitative estimate of drug-likeness (QED) is 0.620. The SMILES string of the molecule is CCCC(=O)OCC(O)CCC. The zero-order chi connectivity index (χ0) is 9.40. The van der Waals surface area contributed by atoms with E-state index in [0.717, 1.165) is 12.8 Å². The normalized spacial score (nSPS) is 12.6. The smallest absolute Gasteiger partial charge is 0.305 e. The maximum absolute atomic E-state index is 10.8. The molecule has 0 rings (SSSR count). The fourth-order valence-electron chi connectivity index (χ4n) is 0.882. The van der Waals surface area contributed by atoms with Crippen LogP contribution in [0.5, 0.6) is 0 Å². The van der Waals surface area contributed by atoms with Crippen molar-refractivity contribution < 1.29 is 14.6 Å². The van der Waals surface area contributed by atoms with Crippen molar-refractivity contribution in [2.75, 3.05) is 6.61 Å². The highest BCUT2D eigenvalue weighted by Gasteiger charge is 2.06. The third kappa shape index (κ3) is 6.16. The van der Waals surface area contributed by atoms with Crippen LogP contribution in [0.3, 0.4) is 0 Å². The van der Waals surface area contributed by atoms with Gasteiger partial charge in [-0.1, -0.05) is 20.3 Å². The third-order valence-corrected chi connectivity index (χ3v) is 1.51. The van der Waals surface area contributed by atoms with Crippen LogP contribution in [0.1, 0.15) is 39.5 Å². The summed E-state index contributed by atoms with van der Waals surface area (Å²) in [7, 11) is 0. The molecule has 0 saturated heterocycles. The molecule has 0 heterocycles. The Morgan fingerprint density at radius 2 is 2.08 bits per heavy atom. The van der Waals surface area contributed by atoms with Gasteiger partial charge in [0.25, 0.3) is 0 Å². The Bertz CT molecular complexity index is 123. The largest absolute Gasteiger partial charge is 0.463 e. The van der Waals surface area contributed by atoms with Crippen LogP contribution in [0, 0.1) is 0 Å². The number of hydrogen-bond donors (Lipinski definition) is 1. The molecule has 0 aliphatic carbocycles. The topological polar surface area (TPSA) is 46.5 Å². The fraction of sp³-hybridized carbons (Fsp3) is 0.889. The van der Waals surface area contributed by atoms with E-state index >= 15 is 0 Å². The van der Waals surface area contributed by atoms with Crippen molar-refractivity contribution >= 4 is 5.97 Å². The van der Waals surface area contributed by atoms with E-state index in [2.05, 4.69) is 0 Å². The molecule has 0 aromatic carbocycles. The van der Waals surface area contributed by atoms with Crippen molar-refractivity contribution in [1.29, 1.82) is 0 Å². The molecule has 0 saturated carbocycles. The number of esters is 1. The van der Waals surface area contributed by atoms with Crippen molar-refractivity contribution in [3.63, 3.8) is 0 Å². The summed E-state index contributed by atoms with van der Waals surface area (Å²) in [6.07, 6.45) is 2.35. The van der Waals surface area contributed by atoms with Gasteiger partial charge in [-0.2, -0.15) is 0 Å². The highest BCUT2D eigenvalue weighted by atomic mass is 16.5. The molecule has 0 amide bonds. The second kappa shape index (κ2) is 7.10. The summed E-state index contributed by atoms with van der Waals surface area (Å²) >= 11 is 0. The van der Waals surface area contributed by atoms with Gasteiger partial charge < -0.3 is 9.84 Å². The first-order chi connectivity index (χ1) is 5.70. The van der Waals surface area contributed by atoms with Crippen LogP contribution in [-0.2, 0) is 9.53 Å². The number of aliphatic hydroxyl groups is 1. The molecule has 3 nitrogen and oxygen atoms in total. The number of aliphatic hydroxyl groups excluding tert-OH is 1. The first-order valence-electron chi connectivity index (χ1n) is 4.54. The van der Waals surface area contributed by atoms with Crippen molar-refractivity contribution in [2.45, 2.75) is 45.6 Å². The first kappa shape index (κ1) is 11.4. The second-order valence-corrected chi connectivity index (χ2v) is 2.88. The van der Waals surface area contributed by atoms with Gasteiger partial charge in [-0.3, -0.25) is 4.79 Å². The predicted molar refractivity (Wildman–Crippen MR) is 46.8 cm³/mol. The van der Waals surface area contributed by atoms with E-state index in [1.807, 2.05) is 13.8 Å². The summed E-state index contributed by atoms with van der Waals surface area (Å²) in [5.74, 6) is -0.215. The Hall–Kier alpha value is -0.570. The van der Waals surface area contributed by atoms with Gasteiger partial charge in [-0.25, -0.2) is 0 Å². The molecule has 1 atom stereocenters. The Morgan fingerprint density at radius 3 is 2.58 bits per heavy atom. The average molecular weight is 174 g/mol. The van der Waals surface area contributed by atoms with Crippen LogP contribution >= 0.6 is 0 Å². The maximum atomic E-state index is 10.8. The molecule has 0 fully saturated rings. The molecule has 0 aromatic heterocycles. The Balaban J connectivity index is 3.33. The highest BCUT2D eigenvalue weighted by Crippen LogP contribution is 1.98. The van der Waals surface area contributed by atoms with Gasteiger partial charge in [0.15, 0.2) is 0 Å². The molecule has 1 N–H and O–H groups in total. The molecule has 12 heavy (non-hydrogen) atoms. The monoisotopic (exact) mass is 174 g/mol. The van der Waals surface area contributed by atoms with Crippen molar-refractivity contribution in [1.82, 2.24) is 0 Å². The summed E-state index contributed by atoms with van der Waals surface area (Å²) in [5, 5.41) is 9.19. The lowest BCUT2D eigenvalue weighted by molar-refractivity contribution is -0.146. The summed E-state index contributed by atoms with van der Waals surface area (Å²) < 4.78 is 4.81. The summed E-state index contributed by atoms with van der Waals surface area (Å²) in [6.45, 7) is 4.05. The zero-order valence-electron chi connectivity index (χ0n) is 7.88. The number of carbonyl (C=O) groups excluding carboxylic acids is 1. The second-order valence-electron chi connectivity index (χ2n) is 2.88. The van der Waals surface area contributed by atoms with E-state index in [9.17, 15) is 9.90 Å². The minimum atomic E-state index is -0.490. The van der Waals surface area contributed by atoms with E-state index < -0.39 is 6.10 Å². The van der Waals surface area contributed by atoms with Gasteiger partial charge >= 0.3 is 5.97 Å². The summed E-state index contributed by atoms with van der Waals surface area (Å²) in [5.41, 5.74) is 0. The minimum absolute atomic E-state index is 0.146. The molecule has 0 aromatic rings. The van der Waals surface area contributed by atoms with Crippen LogP contribution in [0.15, 0.2) is 0 Å². The molecular weight excluding hydrogens is 156 g/mol. The van der Waals surface area contributed by atoms with Crippen molar-refractivity contribution in [3.8, 4) is 0 Å². The molecule has 72 valence electrons. The number of hydrogen-bond acceptors (Lipinski definition) is 3. The van der Waals surface area contributed by atoms with Crippen LogP contribution in [-0.4, -0.2) is 23.8 Å². The van der Waals surface area contributed by atoms with E-state index in [4.69, 9.17) is 4.74 Å². The molecule has 0 aliphatic heterocycles. The van der Waals surface area contributed by atoms with Gasteiger partial charge in [-0.15, -0.1) is 0 Å². The van der Waals surface area contributed by atoms with Crippen LogP contribution < -0.4 is 0 Å². The molecule has 0 bridgehead atoms. The van der Waals surface area contributed by atoms with E-state index in [-0.39, 0.29) is 12.6 Å². The number of ether oxygens (including phenoxy) is 1. The van der Waals surface area contributed by atoms with E-state index in [1.54, 1.807) is 0 Å². The average Bonchev–Trinajstić information content (AvgIpc) is 2.02. The molecule has 3 heteroatoms. The molecule has 0 aliphatic rings. The lowest BCUT2D eigenvalue weighted by Gasteiger charge is -2.09. The van der Waals surface area contributed by atoms with Gasteiger partial charge in [0.1, 0.15) is 6.61 Å². The first-order valence-corrected chi connectivity index (χ1v) is 4.54. The van der Waals surface area contributed by atoms with Crippen molar-refractivity contribution in [2.24, 2.45) is 0 Å². The lowest BCUT2D eigenvalue weighted by Crippen LogP contribution is -2.17. The minimum Gasteiger partial charge on any atom is -0.463 e. The molecule has 0 radical (unpaired) electrons. The summed E-state index contributed by atoms with van der Waals surface area (Å²) in [4.78, 5) is 10.8. The lowest BCUT2D eigenvalue weighted by atomic mass is 10.2. The van der Waals surface area contributed by atoms with Crippen LogP contribution in [0.2, 0.25) is 0 Å². The van der Waals surface area contributed by atoms with Gasteiger partial charge in [-0.05, 0) is 12.8 Å². The Kier molecular flexibility index (Phi) is 6.76. The molecule has 0 spiro atoms. The molecular formula is C9H18O3. The van der Waals surface area contributed by atoms with E-state index in [0.29, 0.717) is 12.8 Å². The zero-order valence-corrected chi connectivity index (χ0v) is 7.88. The molecule has 1 unspecified atom stereocenters. The van der Waals surface area contributed by atoms with Crippen molar-refractivity contribution in [3.05, 3.63) is 0 Å². The van der Waals surface area contributed by atoms with Crippen LogP contribution in [0.25, 0.3) is 0 Å². The van der Waals surface area contributed by atoms with Gasteiger partial charge in [0.2, 0.25) is 0 Å². The third-order valence-electron chi connectivity index (χ3n) is 1.51. The predicted octanol–water partition coefficient (Wildman–Crippen LogP) is 1.49. The van der Waals surface area contributed by atoms with Crippen LogP contribution in [0.4, 0.5) is 0 Å². The standard InChI is InChI=1S/C9H18O3/c1-3-5-8(10)7-12-9(11)6-4-2/h8,10H,3-7H2,1-2H3. The Morgan fingerprint density at radius 1 is 1.42 bits per heavy atom. The maximum Gasteiger partial charge on any atom is 0.305 e. The number of carbonyl (C=O) groups is 1. The summed E-state index contributed by atoms with van der Waals surface area (Å²) in [6, 6.07) is 0. The van der Waals surface area contributed by atoms with Gasteiger partial charge in [0, 0.05) is 6.42 Å². The fourth-order valence-corrected chi connectivity index (χ4v) is 0.882. The van der Waals surface area contributed by atoms with Gasteiger partial charge in [0.05, 0.1) is 6.10 Å². The number of rotatable bonds is 6. The highest BCUT2D eigenvalue weighted by molar-refractivity contribution is 5.69.